The minimum Gasteiger partial charge on any atom is -0.363 e. The number of carbonyl (C=O) groups is 1. The summed E-state index contributed by atoms with van der Waals surface area (Å²) in [5, 5.41) is 0. The highest BCUT2D eigenvalue weighted by Crippen LogP contribution is 2.50. The molecule has 0 bridgehead atoms. The Morgan fingerprint density at radius 3 is 2.82 bits per heavy atom. The average molecular weight is 300 g/mol. The predicted octanol–water partition coefficient (Wildman–Crippen LogP) is 1.74. The van der Waals surface area contributed by atoms with E-state index in [-0.39, 0.29) is 5.91 Å². The maximum absolute atomic E-state index is 12.0. The Morgan fingerprint density at radius 1 is 1.27 bits per heavy atom. The average Bonchev–Trinajstić information content (AvgIpc) is 2.94. The number of fused-ring (bicyclic) bond motifs is 1. The van der Waals surface area contributed by atoms with Crippen molar-refractivity contribution in [3.8, 4) is 0 Å². The van der Waals surface area contributed by atoms with Crippen molar-refractivity contribution in [3.05, 3.63) is 18.5 Å². The fraction of sp³-hybridized carbons (Fsp3) is 0.647. The molecule has 5 nitrogen and oxygen atoms in total. The third-order valence-corrected chi connectivity index (χ3v) is 5.18. The molecular weight excluding hydrogens is 276 g/mol. The van der Waals surface area contributed by atoms with Crippen LogP contribution in [0.1, 0.15) is 25.7 Å². The lowest BCUT2D eigenvalue weighted by Crippen LogP contribution is -2.40. The highest BCUT2D eigenvalue weighted by atomic mass is 16.2. The number of anilines is 2. The number of piperidine rings is 1. The van der Waals surface area contributed by atoms with Gasteiger partial charge in [-0.05, 0) is 45.3 Å². The molecule has 3 heterocycles. The van der Waals surface area contributed by atoms with Gasteiger partial charge in [-0.25, -0.2) is 0 Å². The third kappa shape index (κ3) is 2.37. The quantitative estimate of drug-likeness (QED) is 0.849. The van der Waals surface area contributed by atoms with Crippen LogP contribution in [0.15, 0.2) is 18.5 Å². The fourth-order valence-electron chi connectivity index (χ4n) is 4.17. The molecule has 3 aliphatic rings. The number of likely N-dealkylation sites (N-methyl/N-ethyl adjacent to an activating group) is 1. The van der Waals surface area contributed by atoms with Crippen LogP contribution < -0.4 is 9.80 Å². The molecule has 1 aromatic heterocycles. The van der Waals surface area contributed by atoms with E-state index in [1.165, 1.54) is 18.5 Å². The van der Waals surface area contributed by atoms with Gasteiger partial charge < -0.3 is 14.7 Å². The predicted molar refractivity (Wildman–Crippen MR) is 87.2 cm³/mol. The van der Waals surface area contributed by atoms with Gasteiger partial charge in [0.05, 0.1) is 23.8 Å². The Kier molecular flexibility index (Phi) is 3.33. The van der Waals surface area contributed by atoms with Crippen molar-refractivity contribution in [3.63, 3.8) is 0 Å². The first-order chi connectivity index (χ1) is 10.6. The number of aromatic nitrogens is 1. The van der Waals surface area contributed by atoms with E-state index in [2.05, 4.69) is 34.9 Å². The fourth-order valence-corrected chi connectivity index (χ4v) is 4.17. The lowest BCUT2D eigenvalue weighted by molar-refractivity contribution is -0.117. The highest BCUT2D eigenvalue weighted by Gasteiger charge is 2.52. The molecule has 0 radical (unpaired) electrons. The number of pyridine rings is 1. The SMILES string of the molecule is CN(C)CC1CC2CC2N1c1cncc(N2CCCC2=O)c1. The Balaban J connectivity index is 1.60. The van der Waals surface area contributed by atoms with Gasteiger partial charge in [0.25, 0.3) is 0 Å². The van der Waals surface area contributed by atoms with Crippen molar-refractivity contribution < 1.29 is 4.79 Å². The van der Waals surface area contributed by atoms with E-state index in [1.54, 1.807) is 0 Å². The van der Waals surface area contributed by atoms with Gasteiger partial charge in [0, 0.05) is 31.6 Å². The standard InChI is InChI=1S/C17H24N4O/c1-19(2)11-15-6-12-7-16(12)21(15)14-8-13(9-18-10-14)20-5-3-4-17(20)22/h8-10,12,15-16H,3-7,11H2,1-2H3. The summed E-state index contributed by atoms with van der Waals surface area (Å²) >= 11 is 0. The normalized spacial score (nSPS) is 30.3. The van der Waals surface area contributed by atoms with Crippen LogP contribution in [0.3, 0.4) is 0 Å². The lowest BCUT2D eigenvalue weighted by atomic mass is 10.1. The Labute approximate surface area is 131 Å². The minimum atomic E-state index is 0.231. The van der Waals surface area contributed by atoms with Crippen molar-refractivity contribution in [1.82, 2.24) is 9.88 Å². The molecule has 4 rings (SSSR count). The molecule has 2 saturated heterocycles. The number of nitrogens with zero attached hydrogens (tertiary/aromatic N) is 4. The Morgan fingerprint density at radius 2 is 2.09 bits per heavy atom. The monoisotopic (exact) mass is 300 g/mol. The summed E-state index contributed by atoms with van der Waals surface area (Å²) in [6, 6.07) is 3.43. The molecule has 3 unspecified atom stereocenters. The van der Waals surface area contributed by atoms with Crippen LogP contribution in [0.5, 0.6) is 0 Å². The molecule has 3 fully saturated rings. The van der Waals surface area contributed by atoms with Crippen molar-refractivity contribution >= 4 is 17.3 Å². The van der Waals surface area contributed by atoms with Crippen LogP contribution in [0, 0.1) is 5.92 Å². The van der Waals surface area contributed by atoms with Crippen molar-refractivity contribution in [2.45, 2.75) is 37.8 Å². The first-order valence-corrected chi connectivity index (χ1v) is 8.32. The van der Waals surface area contributed by atoms with E-state index in [1.807, 2.05) is 17.3 Å². The zero-order valence-electron chi connectivity index (χ0n) is 13.4. The molecule has 118 valence electrons. The number of amides is 1. The van der Waals surface area contributed by atoms with Gasteiger partial charge in [0.2, 0.25) is 5.91 Å². The molecule has 1 amide bonds. The second kappa shape index (κ2) is 5.23. The first kappa shape index (κ1) is 14.0. The molecule has 1 aromatic rings. The smallest absolute Gasteiger partial charge is 0.227 e. The van der Waals surface area contributed by atoms with E-state index in [4.69, 9.17) is 0 Å². The van der Waals surface area contributed by atoms with Gasteiger partial charge >= 0.3 is 0 Å². The van der Waals surface area contributed by atoms with Crippen LogP contribution in [0.4, 0.5) is 11.4 Å². The zero-order chi connectivity index (χ0) is 15.3. The van der Waals surface area contributed by atoms with Crippen molar-refractivity contribution in [2.24, 2.45) is 5.92 Å². The molecule has 2 aliphatic heterocycles. The summed E-state index contributed by atoms with van der Waals surface area (Å²) in [4.78, 5) is 23.1. The summed E-state index contributed by atoms with van der Waals surface area (Å²) in [7, 11) is 4.28. The summed E-state index contributed by atoms with van der Waals surface area (Å²) in [5.74, 6) is 1.09. The van der Waals surface area contributed by atoms with Crippen LogP contribution in [-0.2, 0) is 4.79 Å². The van der Waals surface area contributed by atoms with Crippen LogP contribution in [0.2, 0.25) is 0 Å². The number of hydrogen-bond acceptors (Lipinski definition) is 4. The third-order valence-electron chi connectivity index (χ3n) is 5.18. The molecule has 3 atom stereocenters. The number of hydrogen-bond donors (Lipinski definition) is 0. The van der Waals surface area contributed by atoms with Crippen LogP contribution in [0.25, 0.3) is 0 Å². The zero-order valence-corrected chi connectivity index (χ0v) is 13.4. The molecule has 1 aliphatic carbocycles. The van der Waals surface area contributed by atoms with E-state index < -0.39 is 0 Å². The van der Waals surface area contributed by atoms with Crippen molar-refractivity contribution in [1.29, 1.82) is 0 Å². The largest absolute Gasteiger partial charge is 0.363 e. The van der Waals surface area contributed by atoms with E-state index in [0.29, 0.717) is 18.5 Å². The van der Waals surface area contributed by atoms with Gasteiger partial charge in [-0.1, -0.05) is 0 Å². The van der Waals surface area contributed by atoms with Gasteiger partial charge in [-0.2, -0.15) is 0 Å². The molecule has 1 saturated carbocycles. The van der Waals surface area contributed by atoms with E-state index in [9.17, 15) is 4.79 Å². The molecule has 22 heavy (non-hydrogen) atoms. The summed E-state index contributed by atoms with van der Waals surface area (Å²) in [6.45, 7) is 1.91. The second-order valence-corrected chi connectivity index (χ2v) is 7.17. The topological polar surface area (TPSA) is 39.7 Å². The van der Waals surface area contributed by atoms with Crippen LogP contribution in [-0.4, -0.2) is 55.1 Å². The summed E-state index contributed by atoms with van der Waals surface area (Å²) in [5.41, 5.74) is 2.15. The summed E-state index contributed by atoms with van der Waals surface area (Å²) in [6.07, 6.45) is 8.02. The Hall–Kier alpha value is -1.62. The second-order valence-electron chi connectivity index (χ2n) is 7.17. The van der Waals surface area contributed by atoms with Gasteiger partial charge in [-0.15, -0.1) is 0 Å². The van der Waals surface area contributed by atoms with E-state index >= 15 is 0 Å². The number of rotatable bonds is 4. The molecular formula is C17H24N4O. The van der Waals surface area contributed by atoms with Gasteiger partial charge in [-0.3, -0.25) is 9.78 Å². The van der Waals surface area contributed by atoms with Gasteiger partial charge in [0.1, 0.15) is 0 Å². The molecule has 0 spiro atoms. The molecule has 5 heteroatoms. The van der Waals surface area contributed by atoms with E-state index in [0.717, 1.165) is 31.1 Å². The number of carbonyl (C=O) groups excluding carboxylic acids is 1. The molecule has 0 aromatic carbocycles. The maximum Gasteiger partial charge on any atom is 0.227 e. The maximum atomic E-state index is 12.0. The van der Waals surface area contributed by atoms with Crippen molar-refractivity contribution in [2.75, 3.05) is 37.0 Å². The highest BCUT2D eigenvalue weighted by molar-refractivity contribution is 5.95. The van der Waals surface area contributed by atoms with Gasteiger partial charge in [0.15, 0.2) is 0 Å². The first-order valence-electron chi connectivity index (χ1n) is 8.32. The minimum absolute atomic E-state index is 0.231. The molecule has 0 N–H and O–H groups in total. The van der Waals surface area contributed by atoms with Crippen LogP contribution >= 0.6 is 0 Å². The Bertz CT molecular complexity index is 588. The lowest BCUT2D eigenvalue weighted by Gasteiger charge is -2.32. The summed E-state index contributed by atoms with van der Waals surface area (Å²) < 4.78 is 0.